The molecule has 0 amide bonds. The molecule has 1 aliphatic heterocycles. The zero-order valence-electron chi connectivity index (χ0n) is 14.3. The fraction of sp³-hybridized carbons (Fsp3) is 0.700. The van der Waals surface area contributed by atoms with Crippen molar-refractivity contribution in [1.29, 1.82) is 0 Å². The van der Waals surface area contributed by atoms with E-state index in [2.05, 4.69) is 40.5 Å². The van der Waals surface area contributed by atoms with Crippen LogP contribution in [0, 0.1) is 5.92 Å². The van der Waals surface area contributed by atoms with Gasteiger partial charge in [-0.1, -0.05) is 36.8 Å². The van der Waals surface area contributed by atoms with Crippen molar-refractivity contribution in [2.45, 2.75) is 57.1 Å². The second kappa shape index (κ2) is 8.81. The van der Waals surface area contributed by atoms with Crippen molar-refractivity contribution in [3.63, 3.8) is 0 Å². The lowest BCUT2D eigenvalue weighted by atomic mass is 9.87. The highest BCUT2D eigenvalue weighted by molar-refractivity contribution is 5.14. The van der Waals surface area contributed by atoms with Crippen LogP contribution in [0.3, 0.4) is 0 Å². The van der Waals surface area contributed by atoms with E-state index in [0.29, 0.717) is 12.0 Å². The van der Waals surface area contributed by atoms with Gasteiger partial charge in [-0.05, 0) is 69.6 Å². The van der Waals surface area contributed by atoms with Crippen LogP contribution >= 0.6 is 0 Å². The van der Waals surface area contributed by atoms with Gasteiger partial charge in [0.05, 0.1) is 6.10 Å². The molecule has 0 spiro atoms. The summed E-state index contributed by atoms with van der Waals surface area (Å²) in [6.45, 7) is 4.73. The fourth-order valence-electron chi connectivity index (χ4n) is 4.07. The Morgan fingerprint density at radius 2 is 1.83 bits per heavy atom. The molecule has 2 unspecified atom stereocenters. The summed E-state index contributed by atoms with van der Waals surface area (Å²) in [5.41, 5.74) is 1.45. The van der Waals surface area contributed by atoms with Crippen molar-refractivity contribution in [3.8, 4) is 0 Å². The molecular weight excluding hydrogens is 284 g/mol. The van der Waals surface area contributed by atoms with Crippen molar-refractivity contribution < 1.29 is 5.11 Å². The molecule has 23 heavy (non-hydrogen) atoms. The highest BCUT2D eigenvalue weighted by atomic mass is 16.3. The van der Waals surface area contributed by atoms with Gasteiger partial charge in [-0.15, -0.1) is 0 Å². The van der Waals surface area contributed by atoms with Crippen molar-refractivity contribution in [2.75, 3.05) is 26.2 Å². The summed E-state index contributed by atoms with van der Waals surface area (Å²) in [5, 5.41) is 13.5. The van der Waals surface area contributed by atoms with Gasteiger partial charge in [0.15, 0.2) is 0 Å². The molecule has 2 atom stereocenters. The molecule has 2 fully saturated rings. The molecular formula is C20H32N2O. The summed E-state index contributed by atoms with van der Waals surface area (Å²) < 4.78 is 0. The van der Waals surface area contributed by atoms with Gasteiger partial charge in [0, 0.05) is 12.6 Å². The maximum atomic E-state index is 9.77. The molecule has 1 saturated carbocycles. The minimum atomic E-state index is -0.0459. The lowest BCUT2D eigenvalue weighted by Gasteiger charge is -2.34. The Morgan fingerprint density at radius 1 is 1.04 bits per heavy atom. The van der Waals surface area contributed by atoms with E-state index in [4.69, 9.17) is 0 Å². The van der Waals surface area contributed by atoms with Gasteiger partial charge in [-0.3, -0.25) is 0 Å². The number of nitrogens with zero attached hydrogens (tertiary/aromatic N) is 1. The summed E-state index contributed by atoms with van der Waals surface area (Å²) in [6.07, 6.45) is 8.16. The predicted molar refractivity (Wildman–Crippen MR) is 95.6 cm³/mol. The molecule has 2 N–H and O–H groups in total. The SMILES string of the molecule is OC1CCCC(CNC2CCN(CCc3ccccc3)CC2)C1. The molecule has 0 bridgehead atoms. The third-order valence-corrected chi connectivity index (χ3v) is 5.60. The van der Waals surface area contributed by atoms with E-state index in [0.717, 1.165) is 19.4 Å². The molecule has 1 aliphatic carbocycles. The van der Waals surface area contributed by atoms with Crippen LogP contribution in [-0.2, 0) is 6.42 Å². The highest BCUT2D eigenvalue weighted by Gasteiger charge is 2.23. The molecule has 3 rings (SSSR count). The molecule has 0 aromatic heterocycles. The van der Waals surface area contributed by atoms with E-state index < -0.39 is 0 Å². The van der Waals surface area contributed by atoms with Crippen molar-refractivity contribution in [2.24, 2.45) is 5.92 Å². The maximum absolute atomic E-state index is 9.77. The molecule has 2 aliphatic rings. The summed E-state index contributed by atoms with van der Waals surface area (Å²) >= 11 is 0. The molecule has 1 aromatic carbocycles. The van der Waals surface area contributed by atoms with Crippen molar-refractivity contribution in [1.82, 2.24) is 10.2 Å². The Bertz CT molecular complexity index is 442. The Kier molecular flexibility index (Phi) is 6.49. The monoisotopic (exact) mass is 316 g/mol. The number of likely N-dealkylation sites (tertiary alicyclic amines) is 1. The van der Waals surface area contributed by atoms with E-state index in [1.54, 1.807) is 0 Å². The lowest BCUT2D eigenvalue weighted by molar-refractivity contribution is 0.0977. The van der Waals surface area contributed by atoms with Gasteiger partial charge in [0.1, 0.15) is 0 Å². The number of nitrogens with one attached hydrogen (secondary N) is 1. The summed E-state index contributed by atoms with van der Waals surface area (Å²) in [6, 6.07) is 11.5. The smallest absolute Gasteiger partial charge is 0.0543 e. The van der Waals surface area contributed by atoms with Crippen LogP contribution in [0.1, 0.15) is 44.1 Å². The van der Waals surface area contributed by atoms with Gasteiger partial charge in [0.2, 0.25) is 0 Å². The largest absolute Gasteiger partial charge is 0.393 e. The minimum absolute atomic E-state index is 0.0459. The molecule has 3 heteroatoms. The molecule has 0 radical (unpaired) electrons. The van der Waals surface area contributed by atoms with Crippen LogP contribution in [0.5, 0.6) is 0 Å². The average Bonchev–Trinajstić information content (AvgIpc) is 2.60. The van der Waals surface area contributed by atoms with Crippen LogP contribution in [0.25, 0.3) is 0 Å². The second-order valence-electron chi connectivity index (χ2n) is 7.45. The zero-order chi connectivity index (χ0) is 15.9. The second-order valence-corrected chi connectivity index (χ2v) is 7.45. The van der Waals surface area contributed by atoms with Gasteiger partial charge in [-0.25, -0.2) is 0 Å². The van der Waals surface area contributed by atoms with E-state index in [1.165, 1.54) is 57.3 Å². The molecule has 1 saturated heterocycles. The van der Waals surface area contributed by atoms with E-state index in [1.807, 2.05) is 0 Å². The molecule has 1 heterocycles. The molecule has 3 nitrogen and oxygen atoms in total. The number of hydrogen-bond acceptors (Lipinski definition) is 3. The molecule has 128 valence electrons. The van der Waals surface area contributed by atoms with Crippen LogP contribution in [0.2, 0.25) is 0 Å². The third-order valence-electron chi connectivity index (χ3n) is 5.60. The number of aliphatic hydroxyl groups excluding tert-OH is 1. The first-order chi connectivity index (χ1) is 11.3. The van der Waals surface area contributed by atoms with Crippen molar-refractivity contribution in [3.05, 3.63) is 35.9 Å². The summed E-state index contributed by atoms with van der Waals surface area (Å²) in [5.74, 6) is 0.690. The Morgan fingerprint density at radius 3 is 2.57 bits per heavy atom. The lowest BCUT2D eigenvalue weighted by Crippen LogP contribution is -2.44. The average molecular weight is 316 g/mol. The molecule has 1 aromatic rings. The summed E-state index contributed by atoms with van der Waals surface area (Å²) in [7, 11) is 0. The number of hydrogen-bond donors (Lipinski definition) is 2. The quantitative estimate of drug-likeness (QED) is 0.847. The first-order valence-electron chi connectivity index (χ1n) is 9.47. The summed E-state index contributed by atoms with van der Waals surface area (Å²) in [4.78, 5) is 2.61. The van der Waals surface area contributed by atoms with Gasteiger partial charge in [-0.2, -0.15) is 0 Å². The minimum Gasteiger partial charge on any atom is -0.393 e. The maximum Gasteiger partial charge on any atom is 0.0543 e. The Balaban J connectivity index is 1.31. The first kappa shape index (κ1) is 16.9. The standard InChI is InChI=1S/C20H32N2O/c23-20-8-4-7-18(15-20)16-21-19-10-13-22(14-11-19)12-9-17-5-2-1-3-6-17/h1-3,5-6,18-21,23H,4,7-16H2. The Hall–Kier alpha value is -0.900. The highest BCUT2D eigenvalue weighted by Crippen LogP contribution is 2.24. The van der Waals surface area contributed by atoms with Crippen LogP contribution in [0.15, 0.2) is 30.3 Å². The van der Waals surface area contributed by atoms with Gasteiger partial charge in [0.25, 0.3) is 0 Å². The Labute approximate surface area is 141 Å². The first-order valence-corrected chi connectivity index (χ1v) is 9.47. The van der Waals surface area contributed by atoms with Crippen LogP contribution < -0.4 is 5.32 Å². The normalized spacial score (nSPS) is 27.2. The van der Waals surface area contributed by atoms with Gasteiger partial charge < -0.3 is 15.3 Å². The zero-order valence-corrected chi connectivity index (χ0v) is 14.3. The van der Waals surface area contributed by atoms with Gasteiger partial charge >= 0.3 is 0 Å². The third kappa shape index (κ3) is 5.59. The van der Waals surface area contributed by atoms with E-state index in [9.17, 15) is 5.11 Å². The predicted octanol–water partition coefficient (Wildman–Crippen LogP) is 2.83. The van der Waals surface area contributed by atoms with E-state index in [-0.39, 0.29) is 6.10 Å². The number of benzene rings is 1. The number of piperidine rings is 1. The van der Waals surface area contributed by atoms with Crippen LogP contribution in [0.4, 0.5) is 0 Å². The number of aliphatic hydroxyl groups is 1. The topological polar surface area (TPSA) is 35.5 Å². The fourth-order valence-corrected chi connectivity index (χ4v) is 4.07. The number of rotatable bonds is 6. The van der Waals surface area contributed by atoms with E-state index >= 15 is 0 Å². The van der Waals surface area contributed by atoms with Crippen molar-refractivity contribution >= 4 is 0 Å². The van der Waals surface area contributed by atoms with Crippen LogP contribution in [-0.4, -0.2) is 48.3 Å².